The fourth-order valence-electron chi connectivity index (χ4n) is 1.15. The Kier molecular flexibility index (Phi) is 4.49. The lowest BCUT2D eigenvalue weighted by Crippen LogP contribution is -1.96. The van der Waals surface area contributed by atoms with Crippen molar-refractivity contribution in [2.75, 3.05) is 0 Å². The molecule has 16 heavy (non-hydrogen) atoms. The second-order valence-electron chi connectivity index (χ2n) is 3.43. The third-order valence-corrected chi connectivity index (χ3v) is 3.60. The van der Waals surface area contributed by atoms with Crippen LogP contribution in [0.1, 0.15) is 30.6 Å². The molecule has 0 aliphatic rings. The molecule has 1 rings (SSSR count). The molecule has 0 aromatic heterocycles. The van der Waals surface area contributed by atoms with E-state index in [1.54, 1.807) is 17.8 Å². The van der Waals surface area contributed by atoms with E-state index >= 15 is 0 Å². The second kappa shape index (κ2) is 5.65. The van der Waals surface area contributed by atoms with Gasteiger partial charge in [-0.15, -0.1) is 11.8 Å². The summed E-state index contributed by atoms with van der Waals surface area (Å²) >= 11 is 1.56. The first-order chi connectivity index (χ1) is 7.58. The van der Waals surface area contributed by atoms with Gasteiger partial charge in [-0.05, 0) is 12.5 Å². The number of thioether (sulfide) groups is 1. The van der Waals surface area contributed by atoms with Gasteiger partial charge in [-0.2, -0.15) is 0 Å². The van der Waals surface area contributed by atoms with E-state index in [4.69, 9.17) is 0 Å². The summed E-state index contributed by atoms with van der Waals surface area (Å²) in [5.41, 5.74) is 0.343. The molecule has 0 fully saturated rings. The van der Waals surface area contributed by atoms with E-state index in [0.29, 0.717) is 17.1 Å². The number of nitro groups is 1. The predicted octanol–water partition coefficient (Wildman–Crippen LogP) is 3.30. The number of nitro benzene ring substituents is 1. The molecule has 5 heteroatoms. The molecule has 0 N–H and O–H groups in total. The molecule has 1 atom stereocenters. The van der Waals surface area contributed by atoms with Gasteiger partial charge in [0.25, 0.3) is 5.69 Å². The van der Waals surface area contributed by atoms with Crippen LogP contribution >= 0.6 is 11.8 Å². The largest absolute Gasteiger partial charge is 0.298 e. The molecular weight excluding hydrogens is 226 g/mol. The number of benzene rings is 1. The van der Waals surface area contributed by atoms with Crippen molar-refractivity contribution in [3.05, 3.63) is 33.9 Å². The zero-order valence-electron chi connectivity index (χ0n) is 9.17. The van der Waals surface area contributed by atoms with Crippen LogP contribution in [-0.2, 0) is 0 Å². The monoisotopic (exact) mass is 239 g/mol. The number of hydrogen-bond acceptors (Lipinski definition) is 4. The van der Waals surface area contributed by atoms with Crippen LogP contribution in [0.4, 0.5) is 5.69 Å². The first-order valence-electron chi connectivity index (χ1n) is 4.98. The van der Waals surface area contributed by atoms with Crippen LogP contribution in [0.5, 0.6) is 0 Å². The van der Waals surface area contributed by atoms with E-state index in [2.05, 4.69) is 13.8 Å². The van der Waals surface area contributed by atoms with Crippen molar-refractivity contribution in [3.8, 4) is 0 Å². The third kappa shape index (κ3) is 3.06. The van der Waals surface area contributed by atoms with Crippen LogP contribution in [0.15, 0.2) is 23.1 Å². The minimum absolute atomic E-state index is 0.0457. The molecule has 0 saturated heterocycles. The lowest BCUT2D eigenvalue weighted by Gasteiger charge is -2.09. The lowest BCUT2D eigenvalue weighted by molar-refractivity contribution is -0.384. The van der Waals surface area contributed by atoms with Crippen molar-refractivity contribution in [1.82, 2.24) is 0 Å². The van der Waals surface area contributed by atoms with Crippen molar-refractivity contribution < 1.29 is 9.72 Å². The molecule has 1 aromatic carbocycles. The summed E-state index contributed by atoms with van der Waals surface area (Å²) in [7, 11) is 0. The van der Waals surface area contributed by atoms with Gasteiger partial charge in [0, 0.05) is 27.8 Å². The molecule has 0 aliphatic carbocycles. The Labute approximate surface area is 98.2 Å². The molecule has 1 aromatic rings. The first-order valence-corrected chi connectivity index (χ1v) is 5.86. The van der Waals surface area contributed by atoms with Crippen LogP contribution in [0.2, 0.25) is 0 Å². The summed E-state index contributed by atoms with van der Waals surface area (Å²) in [5.74, 6) is 0. The van der Waals surface area contributed by atoms with Crippen molar-refractivity contribution in [2.24, 2.45) is 0 Å². The number of aldehydes is 1. The Morgan fingerprint density at radius 3 is 2.75 bits per heavy atom. The van der Waals surface area contributed by atoms with Gasteiger partial charge < -0.3 is 0 Å². The Balaban J connectivity index is 3.02. The number of non-ortho nitro benzene ring substituents is 1. The van der Waals surface area contributed by atoms with Gasteiger partial charge in [0.2, 0.25) is 0 Å². The van der Waals surface area contributed by atoms with Crippen molar-refractivity contribution in [1.29, 1.82) is 0 Å². The maximum Gasteiger partial charge on any atom is 0.270 e. The molecular formula is C11H13NO3S. The summed E-state index contributed by atoms with van der Waals surface area (Å²) in [6.45, 7) is 4.12. The van der Waals surface area contributed by atoms with Crippen LogP contribution < -0.4 is 0 Å². The summed E-state index contributed by atoms with van der Waals surface area (Å²) in [6, 6.07) is 4.38. The van der Waals surface area contributed by atoms with Crippen molar-refractivity contribution >= 4 is 23.7 Å². The second-order valence-corrected chi connectivity index (χ2v) is 4.91. The van der Waals surface area contributed by atoms with Gasteiger partial charge in [0.15, 0.2) is 6.29 Å². The van der Waals surface area contributed by atoms with E-state index in [-0.39, 0.29) is 5.69 Å². The van der Waals surface area contributed by atoms with E-state index in [1.807, 2.05) is 0 Å². The number of carbonyl (C=O) groups excluding carboxylic acids is 1. The Bertz CT molecular complexity index is 406. The van der Waals surface area contributed by atoms with E-state index in [9.17, 15) is 14.9 Å². The molecule has 86 valence electrons. The van der Waals surface area contributed by atoms with Gasteiger partial charge >= 0.3 is 0 Å². The van der Waals surface area contributed by atoms with Crippen LogP contribution in [0, 0.1) is 10.1 Å². The fraction of sp³-hybridized carbons (Fsp3) is 0.364. The van der Waals surface area contributed by atoms with Gasteiger partial charge in [-0.1, -0.05) is 13.8 Å². The highest BCUT2D eigenvalue weighted by atomic mass is 32.2. The highest BCUT2D eigenvalue weighted by molar-refractivity contribution is 8.00. The maximum atomic E-state index is 10.8. The number of rotatable bonds is 5. The van der Waals surface area contributed by atoms with Crippen LogP contribution in [0.25, 0.3) is 0 Å². The van der Waals surface area contributed by atoms with Gasteiger partial charge in [-0.3, -0.25) is 14.9 Å². The topological polar surface area (TPSA) is 60.2 Å². The summed E-state index contributed by atoms with van der Waals surface area (Å²) in [5, 5.41) is 10.9. The van der Waals surface area contributed by atoms with E-state index < -0.39 is 4.92 Å². The number of hydrogen-bond donors (Lipinski definition) is 0. The standard InChI is InChI=1S/C11H13NO3S/c1-3-8(2)16-11-5-4-10(12(14)15)6-9(11)7-13/h4-8H,3H2,1-2H3. The number of carbonyl (C=O) groups is 1. The molecule has 0 amide bonds. The van der Waals surface area contributed by atoms with E-state index in [1.165, 1.54) is 12.1 Å². The summed E-state index contributed by atoms with van der Waals surface area (Å²) in [6.07, 6.45) is 1.65. The lowest BCUT2D eigenvalue weighted by atomic mass is 10.2. The molecule has 0 aliphatic heterocycles. The minimum atomic E-state index is -0.495. The quantitative estimate of drug-likeness (QED) is 0.342. The Morgan fingerprint density at radius 2 is 2.25 bits per heavy atom. The molecule has 0 saturated carbocycles. The average Bonchev–Trinajstić information content (AvgIpc) is 2.29. The Hall–Kier alpha value is -1.36. The van der Waals surface area contributed by atoms with Crippen molar-refractivity contribution in [2.45, 2.75) is 30.4 Å². The van der Waals surface area contributed by atoms with E-state index in [0.717, 1.165) is 11.3 Å². The SMILES string of the molecule is CCC(C)Sc1ccc([N+](=O)[O-])cc1C=O. The zero-order chi connectivity index (χ0) is 12.1. The molecule has 1 unspecified atom stereocenters. The normalized spacial score (nSPS) is 12.1. The molecule has 4 nitrogen and oxygen atoms in total. The number of nitrogens with zero attached hydrogens (tertiary/aromatic N) is 1. The highest BCUT2D eigenvalue weighted by Gasteiger charge is 2.12. The summed E-state index contributed by atoms with van der Waals surface area (Å²) < 4.78 is 0. The Morgan fingerprint density at radius 1 is 1.56 bits per heavy atom. The van der Waals surface area contributed by atoms with Gasteiger partial charge in [0.1, 0.15) is 0 Å². The molecule has 0 heterocycles. The van der Waals surface area contributed by atoms with Gasteiger partial charge in [0.05, 0.1) is 4.92 Å². The third-order valence-electron chi connectivity index (χ3n) is 2.23. The van der Waals surface area contributed by atoms with Gasteiger partial charge in [-0.25, -0.2) is 0 Å². The molecule has 0 spiro atoms. The highest BCUT2D eigenvalue weighted by Crippen LogP contribution is 2.29. The minimum Gasteiger partial charge on any atom is -0.298 e. The maximum absolute atomic E-state index is 10.8. The predicted molar refractivity (Wildman–Crippen MR) is 64.1 cm³/mol. The fourth-order valence-corrected chi connectivity index (χ4v) is 2.14. The van der Waals surface area contributed by atoms with Crippen LogP contribution in [0.3, 0.4) is 0 Å². The smallest absolute Gasteiger partial charge is 0.270 e. The molecule has 0 bridgehead atoms. The summed E-state index contributed by atoms with van der Waals surface area (Å²) in [4.78, 5) is 21.7. The first kappa shape index (κ1) is 12.7. The zero-order valence-corrected chi connectivity index (χ0v) is 9.99. The molecule has 0 radical (unpaired) electrons. The van der Waals surface area contributed by atoms with Crippen molar-refractivity contribution in [3.63, 3.8) is 0 Å². The average molecular weight is 239 g/mol. The van der Waals surface area contributed by atoms with Crippen LogP contribution in [-0.4, -0.2) is 16.5 Å².